The van der Waals surface area contributed by atoms with Crippen LogP contribution in [0.25, 0.3) is 0 Å². The number of aliphatic carboxylic acids is 1. The molecule has 5 heteroatoms. The molecule has 0 saturated carbocycles. The summed E-state index contributed by atoms with van der Waals surface area (Å²) in [6, 6.07) is 10.4. The van der Waals surface area contributed by atoms with Crippen LogP contribution in [0.3, 0.4) is 0 Å². The van der Waals surface area contributed by atoms with Crippen LogP contribution in [0, 0.1) is 0 Å². The average Bonchev–Trinajstić information content (AvgIpc) is 2.93. The van der Waals surface area contributed by atoms with Gasteiger partial charge in [0.05, 0.1) is 5.75 Å². The van der Waals surface area contributed by atoms with Gasteiger partial charge < -0.3 is 14.8 Å². The van der Waals surface area contributed by atoms with Gasteiger partial charge in [-0.05, 0) is 35.9 Å². The van der Waals surface area contributed by atoms with E-state index in [0.717, 1.165) is 22.8 Å². The van der Waals surface area contributed by atoms with Gasteiger partial charge in [0.15, 0.2) is 6.04 Å². The molecule has 1 unspecified atom stereocenters. The molecule has 22 heavy (non-hydrogen) atoms. The van der Waals surface area contributed by atoms with Crippen LogP contribution < -0.4 is 5.32 Å². The Hall–Kier alpha value is -1.88. The lowest BCUT2D eigenvalue weighted by Gasteiger charge is -2.18. The Balaban J connectivity index is 2.27. The van der Waals surface area contributed by atoms with Crippen LogP contribution in [0.1, 0.15) is 42.9 Å². The van der Waals surface area contributed by atoms with Gasteiger partial charge in [0.25, 0.3) is 0 Å². The maximum atomic E-state index is 11.6. The van der Waals surface area contributed by atoms with Gasteiger partial charge in [0, 0.05) is 5.69 Å². The highest BCUT2D eigenvalue weighted by atomic mass is 32.2. The molecule has 0 amide bonds. The van der Waals surface area contributed by atoms with Crippen molar-refractivity contribution >= 4 is 23.4 Å². The monoisotopic (exact) mass is 319 g/mol. The molecule has 0 saturated heterocycles. The fourth-order valence-corrected chi connectivity index (χ4v) is 2.75. The first-order valence-corrected chi connectivity index (χ1v) is 8.58. The number of rotatable bonds is 7. The molecule has 4 nitrogen and oxygen atoms in total. The number of benzene rings is 1. The van der Waals surface area contributed by atoms with Gasteiger partial charge in [-0.2, -0.15) is 11.8 Å². The van der Waals surface area contributed by atoms with Crippen LogP contribution in [0.15, 0.2) is 40.8 Å². The minimum Gasteiger partial charge on any atom is -0.479 e. The number of hydrogen-bond donors (Lipinski definition) is 2. The Kier molecular flexibility index (Phi) is 5.55. The minimum absolute atomic E-state index is 0.307. The molecule has 0 aliphatic heterocycles. The summed E-state index contributed by atoms with van der Waals surface area (Å²) in [5.41, 5.74) is 1.91. The highest BCUT2D eigenvalue weighted by molar-refractivity contribution is 7.97. The number of carboxylic acid groups (broad SMARTS) is 1. The van der Waals surface area contributed by atoms with E-state index in [-0.39, 0.29) is 0 Å². The van der Waals surface area contributed by atoms with E-state index in [9.17, 15) is 9.90 Å². The van der Waals surface area contributed by atoms with Gasteiger partial charge in [0.2, 0.25) is 0 Å². The van der Waals surface area contributed by atoms with E-state index in [1.807, 2.05) is 36.6 Å². The van der Waals surface area contributed by atoms with Crippen LogP contribution in [-0.4, -0.2) is 17.3 Å². The van der Waals surface area contributed by atoms with Gasteiger partial charge >= 0.3 is 5.97 Å². The molecule has 0 bridgehead atoms. The Morgan fingerprint density at radius 1 is 1.27 bits per heavy atom. The number of para-hydroxylation sites is 1. The molecule has 0 aliphatic rings. The number of carboxylic acids is 1. The zero-order valence-corrected chi connectivity index (χ0v) is 13.8. The summed E-state index contributed by atoms with van der Waals surface area (Å²) in [4.78, 5) is 11.6. The van der Waals surface area contributed by atoms with Crippen molar-refractivity contribution in [1.29, 1.82) is 0 Å². The molecule has 0 aliphatic carbocycles. The predicted octanol–water partition coefficient (Wildman–Crippen LogP) is 4.50. The number of carbonyl (C=O) groups is 1. The third-order valence-corrected chi connectivity index (χ3v) is 3.96. The van der Waals surface area contributed by atoms with Crippen LogP contribution in [-0.2, 0) is 10.5 Å². The van der Waals surface area contributed by atoms with Crippen LogP contribution in [0.4, 0.5) is 5.69 Å². The first kappa shape index (κ1) is 16.5. The molecule has 2 aromatic rings. The number of thioether (sulfide) groups is 1. The summed E-state index contributed by atoms with van der Waals surface area (Å²) in [5, 5.41) is 12.6. The minimum atomic E-state index is -0.955. The quantitative estimate of drug-likeness (QED) is 0.786. The molecule has 1 heterocycles. The van der Waals surface area contributed by atoms with E-state index < -0.39 is 12.0 Å². The summed E-state index contributed by atoms with van der Waals surface area (Å²) in [5.74, 6) is 1.29. The molecule has 0 spiro atoms. The normalized spacial score (nSPS) is 12.4. The summed E-state index contributed by atoms with van der Waals surface area (Å²) in [6.07, 6.45) is 1.98. The third kappa shape index (κ3) is 3.85. The van der Waals surface area contributed by atoms with Crippen molar-refractivity contribution in [3.63, 3.8) is 0 Å². The molecule has 0 fully saturated rings. The summed E-state index contributed by atoms with van der Waals surface area (Å²) < 4.78 is 5.66. The first-order chi connectivity index (χ1) is 10.5. The van der Waals surface area contributed by atoms with Crippen LogP contribution in [0.2, 0.25) is 0 Å². The standard InChI is InChI=1S/C17H21NO3S/c1-11(2)13-6-4-5-7-14(13)18-16(17(19)20)15-9-8-12(21-15)10-22-3/h4-9,11,16,18H,10H2,1-3H3,(H,19,20). The second-order valence-electron chi connectivity index (χ2n) is 5.39. The lowest BCUT2D eigenvalue weighted by atomic mass is 10.0. The van der Waals surface area contributed by atoms with Gasteiger partial charge in [-0.1, -0.05) is 32.0 Å². The number of nitrogens with one attached hydrogen (secondary N) is 1. The SMILES string of the molecule is CSCc1ccc(C(Nc2ccccc2C(C)C)C(=O)O)o1. The van der Waals surface area contributed by atoms with E-state index in [0.29, 0.717) is 11.7 Å². The van der Waals surface area contributed by atoms with Gasteiger partial charge in [-0.3, -0.25) is 0 Å². The fraction of sp³-hybridized carbons (Fsp3) is 0.353. The zero-order chi connectivity index (χ0) is 16.1. The molecule has 1 aromatic heterocycles. The molecule has 2 rings (SSSR count). The van der Waals surface area contributed by atoms with E-state index in [4.69, 9.17) is 4.42 Å². The first-order valence-electron chi connectivity index (χ1n) is 7.18. The zero-order valence-electron chi connectivity index (χ0n) is 13.0. The lowest BCUT2D eigenvalue weighted by Crippen LogP contribution is -2.20. The van der Waals surface area contributed by atoms with Crippen molar-refractivity contribution in [3.8, 4) is 0 Å². The number of hydrogen-bond acceptors (Lipinski definition) is 4. The maximum absolute atomic E-state index is 11.6. The lowest BCUT2D eigenvalue weighted by molar-refractivity contribution is -0.138. The largest absolute Gasteiger partial charge is 0.479 e. The highest BCUT2D eigenvalue weighted by Gasteiger charge is 2.24. The second kappa shape index (κ2) is 7.40. The Morgan fingerprint density at radius 3 is 2.64 bits per heavy atom. The van der Waals surface area contributed by atoms with Crippen molar-refractivity contribution in [2.75, 3.05) is 11.6 Å². The van der Waals surface area contributed by atoms with Crippen molar-refractivity contribution in [3.05, 3.63) is 53.5 Å². The summed E-state index contributed by atoms with van der Waals surface area (Å²) >= 11 is 1.64. The topological polar surface area (TPSA) is 62.5 Å². The highest BCUT2D eigenvalue weighted by Crippen LogP contribution is 2.29. The Morgan fingerprint density at radius 2 is 2.00 bits per heavy atom. The summed E-state index contributed by atoms with van der Waals surface area (Å²) in [7, 11) is 0. The smallest absolute Gasteiger partial charge is 0.334 e. The van der Waals surface area contributed by atoms with Crippen molar-refractivity contribution < 1.29 is 14.3 Å². The Labute approximate surface area is 134 Å². The maximum Gasteiger partial charge on any atom is 0.334 e. The fourth-order valence-electron chi connectivity index (χ4n) is 2.31. The molecule has 1 atom stereocenters. The Bertz CT molecular complexity index is 636. The average molecular weight is 319 g/mol. The molecule has 1 aromatic carbocycles. The molecular weight excluding hydrogens is 298 g/mol. The van der Waals surface area contributed by atoms with Crippen molar-refractivity contribution in [2.24, 2.45) is 0 Å². The van der Waals surface area contributed by atoms with Crippen LogP contribution >= 0.6 is 11.8 Å². The van der Waals surface area contributed by atoms with Crippen molar-refractivity contribution in [2.45, 2.75) is 31.6 Å². The summed E-state index contributed by atoms with van der Waals surface area (Å²) in [6.45, 7) is 4.17. The van der Waals surface area contributed by atoms with E-state index in [1.54, 1.807) is 17.8 Å². The molecule has 0 radical (unpaired) electrons. The number of furan rings is 1. The number of anilines is 1. The van der Waals surface area contributed by atoms with Crippen LogP contribution in [0.5, 0.6) is 0 Å². The van der Waals surface area contributed by atoms with E-state index >= 15 is 0 Å². The molecule has 118 valence electrons. The van der Waals surface area contributed by atoms with Gasteiger partial charge in [0.1, 0.15) is 11.5 Å². The second-order valence-corrected chi connectivity index (χ2v) is 6.26. The molecule has 2 N–H and O–H groups in total. The van der Waals surface area contributed by atoms with Gasteiger partial charge in [-0.15, -0.1) is 0 Å². The van der Waals surface area contributed by atoms with E-state index in [1.165, 1.54) is 0 Å². The molecular formula is C17H21NO3S. The van der Waals surface area contributed by atoms with E-state index in [2.05, 4.69) is 19.2 Å². The predicted molar refractivity (Wildman–Crippen MR) is 90.5 cm³/mol. The van der Waals surface area contributed by atoms with Crippen molar-refractivity contribution in [1.82, 2.24) is 0 Å². The van der Waals surface area contributed by atoms with Gasteiger partial charge in [-0.25, -0.2) is 4.79 Å². The third-order valence-electron chi connectivity index (χ3n) is 3.38.